The van der Waals surface area contributed by atoms with Crippen molar-refractivity contribution in [3.8, 4) is 11.1 Å². The second kappa shape index (κ2) is 3.79. The average molecular weight is 244 g/mol. The van der Waals surface area contributed by atoms with Gasteiger partial charge in [0.1, 0.15) is 0 Å². The minimum atomic E-state index is 0.222. The first-order chi connectivity index (χ1) is 9.34. The molecular weight excluding hydrogens is 232 g/mol. The highest BCUT2D eigenvalue weighted by Crippen LogP contribution is 2.37. The third kappa shape index (κ3) is 1.45. The molecule has 0 N–H and O–H groups in total. The Labute approximate surface area is 111 Å². The monoisotopic (exact) mass is 244 g/mol. The van der Waals surface area contributed by atoms with Crippen molar-refractivity contribution in [1.82, 2.24) is 0 Å². The molecule has 0 saturated carbocycles. The van der Waals surface area contributed by atoms with Gasteiger partial charge in [0, 0.05) is 12.0 Å². The molecule has 0 aliphatic heterocycles. The Hall–Kier alpha value is -2.41. The first-order valence-electron chi connectivity index (χ1n) is 6.48. The van der Waals surface area contributed by atoms with Crippen molar-refractivity contribution in [2.45, 2.75) is 6.42 Å². The van der Waals surface area contributed by atoms with E-state index in [1.165, 1.54) is 21.9 Å². The number of Topliss-reactive ketones (excluding diaryl/α,β-unsaturated/α-hetero) is 1. The molecular formula is C18H12O. The minimum absolute atomic E-state index is 0.222. The van der Waals surface area contributed by atoms with Crippen LogP contribution in [-0.2, 0) is 6.42 Å². The summed E-state index contributed by atoms with van der Waals surface area (Å²) in [6.45, 7) is 0. The average Bonchev–Trinajstić information content (AvgIpc) is 2.47. The largest absolute Gasteiger partial charge is 0.294 e. The first-order valence-corrected chi connectivity index (χ1v) is 6.48. The van der Waals surface area contributed by atoms with Gasteiger partial charge in [-0.15, -0.1) is 0 Å². The van der Waals surface area contributed by atoms with Crippen LogP contribution in [0.25, 0.3) is 21.9 Å². The van der Waals surface area contributed by atoms with E-state index < -0.39 is 0 Å². The number of fused-ring (bicyclic) bond motifs is 5. The molecule has 0 fully saturated rings. The topological polar surface area (TPSA) is 17.1 Å². The standard InChI is InChI=1S/C18H12O/c19-18-11-17-13-6-2-1-5-12(13)9-10-15(17)14-7-3-4-8-16(14)18/h1-10H,11H2. The van der Waals surface area contributed by atoms with Crippen LogP contribution in [0.3, 0.4) is 0 Å². The van der Waals surface area contributed by atoms with Crippen LogP contribution in [0.5, 0.6) is 0 Å². The van der Waals surface area contributed by atoms with Crippen molar-refractivity contribution in [2.24, 2.45) is 0 Å². The lowest BCUT2D eigenvalue weighted by Crippen LogP contribution is -2.12. The lowest BCUT2D eigenvalue weighted by Gasteiger charge is -2.20. The fourth-order valence-corrected chi connectivity index (χ4v) is 3.00. The van der Waals surface area contributed by atoms with Gasteiger partial charge in [-0.25, -0.2) is 0 Å². The van der Waals surface area contributed by atoms with Gasteiger partial charge in [0.2, 0.25) is 0 Å². The van der Waals surface area contributed by atoms with E-state index in [0.29, 0.717) is 6.42 Å². The number of carbonyl (C=O) groups excluding carboxylic acids is 1. The number of hydrogen-bond donors (Lipinski definition) is 0. The molecule has 0 unspecified atom stereocenters. The number of carbonyl (C=O) groups is 1. The highest BCUT2D eigenvalue weighted by Gasteiger charge is 2.23. The van der Waals surface area contributed by atoms with Gasteiger partial charge in [0.05, 0.1) is 0 Å². The molecule has 0 aromatic heterocycles. The molecule has 3 aromatic carbocycles. The van der Waals surface area contributed by atoms with Crippen molar-refractivity contribution in [1.29, 1.82) is 0 Å². The molecule has 0 atom stereocenters. The Morgan fingerprint density at radius 2 is 1.42 bits per heavy atom. The Balaban J connectivity index is 2.13. The lowest BCUT2D eigenvalue weighted by atomic mass is 9.82. The van der Waals surface area contributed by atoms with Gasteiger partial charge in [-0.2, -0.15) is 0 Å². The molecule has 3 aromatic rings. The molecule has 1 aliphatic carbocycles. The van der Waals surface area contributed by atoms with E-state index in [1.54, 1.807) is 0 Å². The van der Waals surface area contributed by atoms with Crippen molar-refractivity contribution in [2.75, 3.05) is 0 Å². The van der Waals surface area contributed by atoms with Crippen molar-refractivity contribution >= 4 is 16.6 Å². The van der Waals surface area contributed by atoms with E-state index in [9.17, 15) is 4.79 Å². The molecule has 1 nitrogen and oxygen atoms in total. The Morgan fingerprint density at radius 3 is 2.32 bits per heavy atom. The Morgan fingerprint density at radius 1 is 0.684 bits per heavy atom. The van der Waals surface area contributed by atoms with Gasteiger partial charge >= 0.3 is 0 Å². The molecule has 0 heterocycles. The Bertz CT molecular complexity index is 815. The zero-order valence-electron chi connectivity index (χ0n) is 10.4. The summed E-state index contributed by atoms with van der Waals surface area (Å²) < 4.78 is 0. The van der Waals surface area contributed by atoms with Gasteiger partial charge in [-0.3, -0.25) is 4.79 Å². The van der Waals surface area contributed by atoms with Gasteiger partial charge in [0.25, 0.3) is 0 Å². The van der Waals surface area contributed by atoms with Gasteiger partial charge < -0.3 is 0 Å². The maximum atomic E-state index is 12.3. The zero-order chi connectivity index (χ0) is 12.8. The summed E-state index contributed by atoms with van der Waals surface area (Å²) in [6, 6.07) is 20.5. The molecule has 19 heavy (non-hydrogen) atoms. The summed E-state index contributed by atoms with van der Waals surface area (Å²) in [5.74, 6) is 0.222. The van der Waals surface area contributed by atoms with Crippen LogP contribution < -0.4 is 0 Å². The van der Waals surface area contributed by atoms with E-state index >= 15 is 0 Å². The highest BCUT2D eigenvalue weighted by atomic mass is 16.1. The fourth-order valence-electron chi connectivity index (χ4n) is 3.00. The van der Waals surface area contributed by atoms with Crippen LogP contribution in [0.4, 0.5) is 0 Å². The summed E-state index contributed by atoms with van der Waals surface area (Å²) in [6.07, 6.45) is 0.508. The fraction of sp³-hybridized carbons (Fsp3) is 0.0556. The van der Waals surface area contributed by atoms with E-state index in [4.69, 9.17) is 0 Å². The molecule has 1 heteroatoms. The number of hydrogen-bond acceptors (Lipinski definition) is 1. The zero-order valence-corrected chi connectivity index (χ0v) is 10.4. The second-order valence-electron chi connectivity index (χ2n) is 4.96. The predicted octanol–water partition coefficient (Wildman–Crippen LogP) is 4.25. The maximum Gasteiger partial charge on any atom is 0.167 e. The molecule has 1 aliphatic rings. The van der Waals surface area contributed by atoms with Gasteiger partial charge in [-0.05, 0) is 27.5 Å². The number of benzene rings is 3. The first kappa shape index (κ1) is 10.5. The van der Waals surface area contributed by atoms with Crippen molar-refractivity contribution in [3.63, 3.8) is 0 Å². The SMILES string of the molecule is O=C1Cc2c(ccc3ccccc23)-c2ccccc21. The molecule has 0 bridgehead atoms. The molecule has 0 spiro atoms. The molecule has 0 radical (unpaired) electrons. The van der Waals surface area contributed by atoms with E-state index in [1.807, 2.05) is 36.4 Å². The van der Waals surface area contributed by atoms with E-state index in [0.717, 1.165) is 11.1 Å². The second-order valence-corrected chi connectivity index (χ2v) is 4.96. The van der Waals surface area contributed by atoms with E-state index in [2.05, 4.69) is 24.3 Å². The van der Waals surface area contributed by atoms with Crippen molar-refractivity contribution in [3.05, 3.63) is 71.8 Å². The third-order valence-corrected chi connectivity index (χ3v) is 3.90. The summed E-state index contributed by atoms with van der Waals surface area (Å²) in [4.78, 5) is 12.3. The maximum absolute atomic E-state index is 12.3. The smallest absolute Gasteiger partial charge is 0.167 e. The van der Waals surface area contributed by atoms with Crippen molar-refractivity contribution < 1.29 is 4.79 Å². The van der Waals surface area contributed by atoms with Gasteiger partial charge in [0.15, 0.2) is 5.78 Å². The van der Waals surface area contributed by atoms with Crippen LogP contribution >= 0.6 is 0 Å². The lowest BCUT2D eigenvalue weighted by molar-refractivity contribution is 0.0992. The normalized spacial score (nSPS) is 13.2. The van der Waals surface area contributed by atoms with E-state index in [-0.39, 0.29) is 5.78 Å². The molecule has 4 rings (SSSR count). The minimum Gasteiger partial charge on any atom is -0.294 e. The third-order valence-electron chi connectivity index (χ3n) is 3.90. The van der Waals surface area contributed by atoms with Crippen LogP contribution in [0.1, 0.15) is 15.9 Å². The predicted molar refractivity (Wildman–Crippen MR) is 77.4 cm³/mol. The van der Waals surface area contributed by atoms with Crippen LogP contribution in [-0.4, -0.2) is 5.78 Å². The number of ketones is 1. The molecule has 90 valence electrons. The summed E-state index contributed by atoms with van der Waals surface area (Å²) in [5, 5.41) is 2.40. The summed E-state index contributed by atoms with van der Waals surface area (Å²) >= 11 is 0. The van der Waals surface area contributed by atoms with Crippen LogP contribution in [0, 0.1) is 0 Å². The van der Waals surface area contributed by atoms with Crippen LogP contribution in [0.2, 0.25) is 0 Å². The summed E-state index contributed by atoms with van der Waals surface area (Å²) in [7, 11) is 0. The summed E-state index contributed by atoms with van der Waals surface area (Å²) in [5.41, 5.74) is 4.29. The highest BCUT2D eigenvalue weighted by molar-refractivity contribution is 6.10. The van der Waals surface area contributed by atoms with Gasteiger partial charge in [-0.1, -0.05) is 60.7 Å². The molecule has 0 amide bonds. The number of rotatable bonds is 0. The Kier molecular flexibility index (Phi) is 2.10. The quantitative estimate of drug-likeness (QED) is 0.578. The molecule has 0 saturated heterocycles. The van der Waals surface area contributed by atoms with Crippen LogP contribution in [0.15, 0.2) is 60.7 Å².